The SMILES string of the molecule is O=C(CN(Cc1ccc(Cl)c(Cl)c1)S(=O)(=O)c1ccccc1)Nc1ccc(Cl)cc1C(F)(F)F. The van der Waals surface area contributed by atoms with E-state index < -0.39 is 39.9 Å². The van der Waals surface area contributed by atoms with Crippen molar-refractivity contribution in [2.24, 2.45) is 0 Å². The van der Waals surface area contributed by atoms with Gasteiger partial charge in [-0.2, -0.15) is 17.5 Å². The summed E-state index contributed by atoms with van der Waals surface area (Å²) >= 11 is 17.6. The van der Waals surface area contributed by atoms with E-state index >= 15 is 0 Å². The van der Waals surface area contributed by atoms with Crippen molar-refractivity contribution >= 4 is 56.4 Å². The highest BCUT2D eigenvalue weighted by atomic mass is 35.5. The number of amides is 1. The molecule has 0 spiro atoms. The van der Waals surface area contributed by atoms with Gasteiger partial charge in [-0.25, -0.2) is 8.42 Å². The van der Waals surface area contributed by atoms with E-state index in [1.807, 2.05) is 0 Å². The summed E-state index contributed by atoms with van der Waals surface area (Å²) in [6.07, 6.45) is -4.79. The number of hydrogen-bond acceptors (Lipinski definition) is 3. The number of nitrogens with one attached hydrogen (secondary N) is 1. The van der Waals surface area contributed by atoms with Crippen LogP contribution in [0.1, 0.15) is 11.1 Å². The molecule has 0 aliphatic heterocycles. The van der Waals surface area contributed by atoms with Gasteiger partial charge in [-0.15, -0.1) is 0 Å². The van der Waals surface area contributed by atoms with Gasteiger partial charge in [-0.05, 0) is 48.0 Å². The van der Waals surface area contributed by atoms with Crippen molar-refractivity contribution in [3.63, 3.8) is 0 Å². The van der Waals surface area contributed by atoms with Crippen molar-refractivity contribution in [2.75, 3.05) is 11.9 Å². The summed E-state index contributed by atoms with van der Waals surface area (Å²) in [5.74, 6) is -0.979. The topological polar surface area (TPSA) is 66.5 Å². The molecule has 0 heterocycles. The van der Waals surface area contributed by atoms with E-state index in [4.69, 9.17) is 34.8 Å². The number of carbonyl (C=O) groups is 1. The smallest absolute Gasteiger partial charge is 0.324 e. The van der Waals surface area contributed by atoms with Crippen LogP contribution >= 0.6 is 34.8 Å². The molecule has 34 heavy (non-hydrogen) atoms. The molecule has 0 aliphatic carbocycles. The lowest BCUT2D eigenvalue weighted by molar-refractivity contribution is -0.137. The molecule has 1 N–H and O–H groups in total. The van der Waals surface area contributed by atoms with Gasteiger partial charge in [0.05, 0.1) is 32.7 Å². The van der Waals surface area contributed by atoms with Crippen molar-refractivity contribution in [1.82, 2.24) is 4.31 Å². The molecule has 0 unspecified atom stereocenters. The molecular formula is C22H16Cl3F3N2O3S. The minimum absolute atomic E-state index is 0.0923. The molecule has 0 bridgehead atoms. The van der Waals surface area contributed by atoms with Crippen LogP contribution in [0.3, 0.4) is 0 Å². The third-order valence-electron chi connectivity index (χ3n) is 4.60. The van der Waals surface area contributed by atoms with Crippen LogP contribution in [0.5, 0.6) is 0 Å². The van der Waals surface area contributed by atoms with Gasteiger partial charge in [-0.1, -0.05) is 59.1 Å². The zero-order valence-electron chi connectivity index (χ0n) is 17.1. The maximum atomic E-state index is 13.4. The number of alkyl halides is 3. The molecule has 0 saturated heterocycles. The van der Waals surface area contributed by atoms with E-state index in [0.717, 1.165) is 10.4 Å². The molecule has 0 saturated carbocycles. The fraction of sp³-hybridized carbons (Fsp3) is 0.136. The Bertz CT molecular complexity index is 1300. The fourth-order valence-corrected chi connectivity index (χ4v) is 4.92. The Morgan fingerprint density at radius 3 is 2.21 bits per heavy atom. The number of halogens is 6. The number of benzene rings is 3. The Morgan fingerprint density at radius 2 is 1.59 bits per heavy atom. The first-order valence-corrected chi connectivity index (χ1v) is 12.1. The van der Waals surface area contributed by atoms with Crippen LogP contribution in [0.4, 0.5) is 18.9 Å². The zero-order chi connectivity index (χ0) is 25.1. The van der Waals surface area contributed by atoms with Crippen molar-refractivity contribution in [1.29, 1.82) is 0 Å². The lowest BCUT2D eigenvalue weighted by Gasteiger charge is -2.23. The maximum absolute atomic E-state index is 13.4. The van der Waals surface area contributed by atoms with Crippen molar-refractivity contribution in [2.45, 2.75) is 17.6 Å². The minimum Gasteiger partial charge on any atom is -0.324 e. The first-order valence-electron chi connectivity index (χ1n) is 9.53. The highest BCUT2D eigenvalue weighted by Gasteiger charge is 2.35. The summed E-state index contributed by atoms with van der Waals surface area (Å²) < 4.78 is 67.4. The summed E-state index contributed by atoms with van der Waals surface area (Å²) in [7, 11) is -4.20. The van der Waals surface area contributed by atoms with Gasteiger partial charge >= 0.3 is 6.18 Å². The highest BCUT2D eigenvalue weighted by molar-refractivity contribution is 7.89. The van der Waals surface area contributed by atoms with Crippen molar-refractivity contribution in [3.05, 3.63) is 92.9 Å². The van der Waals surface area contributed by atoms with E-state index in [1.165, 1.54) is 48.5 Å². The van der Waals surface area contributed by atoms with Gasteiger partial charge in [0, 0.05) is 11.6 Å². The molecule has 0 atom stereocenters. The Kier molecular flexibility index (Phi) is 8.15. The second-order valence-corrected chi connectivity index (χ2v) is 10.3. The second kappa shape index (κ2) is 10.5. The van der Waals surface area contributed by atoms with E-state index in [1.54, 1.807) is 6.07 Å². The standard InChI is InChI=1S/C22H16Cl3F3N2O3S/c23-15-7-9-20(17(11-15)22(26,27)28)29-21(31)13-30(12-14-6-8-18(24)19(25)10-14)34(32,33)16-4-2-1-3-5-16/h1-11H,12-13H2,(H,29,31). The molecule has 3 aromatic rings. The van der Waals surface area contributed by atoms with Crippen LogP contribution in [-0.4, -0.2) is 25.2 Å². The van der Waals surface area contributed by atoms with Crippen LogP contribution in [0.2, 0.25) is 15.1 Å². The number of hydrogen-bond donors (Lipinski definition) is 1. The Hall–Kier alpha value is -2.30. The van der Waals surface area contributed by atoms with Crippen LogP contribution in [0.25, 0.3) is 0 Å². The lowest BCUT2D eigenvalue weighted by Crippen LogP contribution is -2.37. The molecule has 180 valence electrons. The molecule has 5 nitrogen and oxygen atoms in total. The van der Waals surface area contributed by atoms with Gasteiger partial charge < -0.3 is 5.32 Å². The van der Waals surface area contributed by atoms with Gasteiger partial charge in [0.25, 0.3) is 0 Å². The first-order chi connectivity index (χ1) is 15.9. The predicted octanol–water partition coefficient (Wildman–Crippen LogP) is 6.50. The Labute approximate surface area is 209 Å². The summed E-state index contributed by atoms with van der Waals surface area (Å²) in [5, 5.41) is 2.40. The van der Waals surface area contributed by atoms with Crippen LogP contribution in [0.15, 0.2) is 71.6 Å². The van der Waals surface area contributed by atoms with Crippen LogP contribution in [-0.2, 0) is 27.5 Å². The molecule has 0 aliphatic rings. The second-order valence-electron chi connectivity index (χ2n) is 7.07. The van der Waals surface area contributed by atoms with Gasteiger partial charge in [0.2, 0.25) is 15.9 Å². The van der Waals surface area contributed by atoms with E-state index in [-0.39, 0.29) is 26.5 Å². The molecule has 1 amide bonds. The summed E-state index contributed by atoms with van der Waals surface area (Å²) in [4.78, 5) is 12.6. The van der Waals surface area contributed by atoms with Crippen LogP contribution < -0.4 is 5.32 Å². The Morgan fingerprint density at radius 1 is 0.912 bits per heavy atom. The monoisotopic (exact) mass is 550 g/mol. The van der Waals surface area contributed by atoms with Gasteiger partial charge in [-0.3, -0.25) is 4.79 Å². The normalized spacial score (nSPS) is 12.1. The molecular weight excluding hydrogens is 536 g/mol. The fourth-order valence-electron chi connectivity index (χ4n) is 3.02. The quantitative estimate of drug-likeness (QED) is 0.365. The lowest BCUT2D eigenvalue weighted by atomic mass is 10.1. The first kappa shape index (κ1) is 26.3. The Balaban J connectivity index is 1.93. The number of sulfonamides is 1. The number of rotatable bonds is 7. The summed E-state index contributed by atoms with van der Waals surface area (Å²) in [6, 6.07) is 14.6. The molecule has 3 aromatic carbocycles. The average Bonchev–Trinajstić information content (AvgIpc) is 2.77. The maximum Gasteiger partial charge on any atom is 0.418 e. The molecule has 0 radical (unpaired) electrons. The predicted molar refractivity (Wildman–Crippen MR) is 126 cm³/mol. The van der Waals surface area contributed by atoms with Gasteiger partial charge in [0.15, 0.2) is 0 Å². The molecule has 0 fully saturated rings. The number of carbonyl (C=O) groups excluding carboxylic acids is 1. The van der Waals surface area contributed by atoms with Crippen molar-refractivity contribution in [3.8, 4) is 0 Å². The third-order valence-corrected chi connectivity index (χ3v) is 7.39. The molecule has 12 heteroatoms. The number of nitrogens with zero attached hydrogens (tertiary/aromatic N) is 1. The summed E-state index contributed by atoms with van der Waals surface area (Å²) in [5.41, 5.74) is -1.28. The van der Waals surface area contributed by atoms with Crippen molar-refractivity contribution < 1.29 is 26.4 Å². The van der Waals surface area contributed by atoms with E-state index in [0.29, 0.717) is 11.6 Å². The third kappa shape index (κ3) is 6.43. The molecule has 3 rings (SSSR count). The van der Waals surface area contributed by atoms with E-state index in [2.05, 4.69) is 5.32 Å². The number of anilines is 1. The van der Waals surface area contributed by atoms with E-state index in [9.17, 15) is 26.4 Å². The molecule has 0 aromatic heterocycles. The minimum atomic E-state index is -4.79. The average molecular weight is 552 g/mol. The highest BCUT2D eigenvalue weighted by Crippen LogP contribution is 2.36. The summed E-state index contributed by atoms with van der Waals surface area (Å²) in [6.45, 7) is -1.05. The zero-order valence-corrected chi connectivity index (χ0v) is 20.2. The van der Waals surface area contributed by atoms with Gasteiger partial charge in [0.1, 0.15) is 0 Å². The largest absolute Gasteiger partial charge is 0.418 e. The van der Waals surface area contributed by atoms with Crippen LogP contribution in [0, 0.1) is 0 Å².